The molecular weight excluding hydrogens is 354 g/mol. The quantitative estimate of drug-likeness (QED) is 0.293. The Balaban J connectivity index is 2.40. The lowest BCUT2D eigenvalue weighted by Gasteiger charge is -2.36. The maximum atomic E-state index is 4.80. The van der Waals surface area contributed by atoms with Crippen molar-refractivity contribution in [2.75, 3.05) is 34.2 Å². The Morgan fingerprint density at radius 3 is 2.45 bits per heavy atom. The SMILES string of the molecule is C=C/C=C(/C=C)N(CCN(C)C)/C(CC1(c2cccc(CC)c2)CCCC1)=N\C. The van der Waals surface area contributed by atoms with Gasteiger partial charge in [-0.1, -0.05) is 63.3 Å². The Morgan fingerprint density at radius 2 is 1.90 bits per heavy atom. The predicted molar refractivity (Wildman–Crippen MR) is 128 cm³/mol. The Bertz CT molecular complexity index is 736. The van der Waals surface area contributed by atoms with Gasteiger partial charge in [-0.3, -0.25) is 4.99 Å². The van der Waals surface area contributed by atoms with E-state index >= 15 is 0 Å². The zero-order valence-electron chi connectivity index (χ0n) is 19.0. The Labute approximate surface area is 178 Å². The fourth-order valence-electron chi connectivity index (χ4n) is 4.43. The molecule has 1 saturated carbocycles. The summed E-state index contributed by atoms with van der Waals surface area (Å²) < 4.78 is 0. The highest BCUT2D eigenvalue weighted by atomic mass is 15.2. The van der Waals surface area contributed by atoms with Crippen molar-refractivity contribution in [2.24, 2.45) is 4.99 Å². The van der Waals surface area contributed by atoms with Crippen LogP contribution in [0.5, 0.6) is 0 Å². The normalized spacial score (nSPS) is 16.9. The van der Waals surface area contributed by atoms with Crippen LogP contribution >= 0.6 is 0 Å². The first-order chi connectivity index (χ1) is 14.0. The molecule has 29 heavy (non-hydrogen) atoms. The second kappa shape index (κ2) is 11.2. The van der Waals surface area contributed by atoms with Gasteiger partial charge >= 0.3 is 0 Å². The maximum Gasteiger partial charge on any atom is 0.104 e. The molecule has 3 heteroatoms. The summed E-state index contributed by atoms with van der Waals surface area (Å²) in [5.74, 6) is 1.14. The van der Waals surface area contributed by atoms with E-state index < -0.39 is 0 Å². The van der Waals surface area contributed by atoms with E-state index in [4.69, 9.17) is 4.99 Å². The van der Waals surface area contributed by atoms with Crippen molar-refractivity contribution in [3.8, 4) is 0 Å². The fraction of sp³-hybridized carbons (Fsp3) is 0.500. The van der Waals surface area contributed by atoms with Gasteiger partial charge in [-0.25, -0.2) is 0 Å². The van der Waals surface area contributed by atoms with Crippen LogP contribution < -0.4 is 0 Å². The molecular formula is C26H39N3. The lowest BCUT2D eigenvalue weighted by Crippen LogP contribution is -2.39. The number of rotatable bonds is 10. The molecule has 0 bridgehead atoms. The maximum absolute atomic E-state index is 4.80. The first-order valence-corrected chi connectivity index (χ1v) is 10.9. The van der Waals surface area contributed by atoms with Crippen molar-refractivity contribution < 1.29 is 0 Å². The first kappa shape index (κ1) is 23.2. The predicted octanol–water partition coefficient (Wildman–Crippen LogP) is 5.60. The number of hydrogen-bond acceptors (Lipinski definition) is 2. The van der Waals surface area contributed by atoms with Crippen molar-refractivity contribution >= 4 is 5.84 Å². The molecule has 0 saturated heterocycles. The molecule has 0 aromatic heterocycles. The van der Waals surface area contributed by atoms with Gasteiger partial charge in [0, 0.05) is 37.7 Å². The molecule has 0 N–H and O–H groups in total. The zero-order valence-corrected chi connectivity index (χ0v) is 19.0. The van der Waals surface area contributed by atoms with Gasteiger partial charge in [0.15, 0.2) is 0 Å². The van der Waals surface area contributed by atoms with Gasteiger partial charge in [0.1, 0.15) is 5.84 Å². The molecule has 2 rings (SSSR count). The number of nitrogens with zero attached hydrogens (tertiary/aromatic N) is 3. The average Bonchev–Trinajstić information content (AvgIpc) is 3.21. The third-order valence-electron chi connectivity index (χ3n) is 6.15. The van der Waals surface area contributed by atoms with Crippen molar-refractivity contribution in [2.45, 2.75) is 50.9 Å². The largest absolute Gasteiger partial charge is 0.329 e. The van der Waals surface area contributed by atoms with Crippen LogP contribution in [0.2, 0.25) is 0 Å². The summed E-state index contributed by atoms with van der Waals surface area (Å²) >= 11 is 0. The van der Waals surface area contributed by atoms with Crippen molar-refractivity contribution in [1.82, 2.24) is 9.80 Å². The molecule has 0 atom stereocenters. The van der Waals surface area contributed by atoms with Crippen LogP contribution in [0.25, 0.3) is 0 Å². The summed E-state index contributed by atoms with van der Waals surface area (Å²) in [5.41, 5.74) is 4.15. The molecule has 0 spiro atoms. The van der Waals surface area contributed by atoms with E-state index in [9.17, 15) is 0 Å². The summed E-state index contributed by atoms with van der Waals surface area (Å²) in [4.78, 5) is 9.34. The minimum Gasteiger partial charge on any atom is -0.329 e. The van der Waals surface area contributed by atoms with Crippen LogP contribution in [-0.4, -0.2) is 49.9 Å². The number of amidine groups is 1. The van der Waals surface area contributed by atoms with Crippen molar-refractivity contribution in [3.05, 3.63) is 72.5 Å². The highest BCUT2D eigenvalue weighted by Crippen LogP contribution is 2.45. The molecule has 0 aliphatic heterocycles. The number of hydrogen-bond donors (Lipinski definition) is 0. The molecule has 1 aliphatic carbocycles. The Kier molecular flexibility index (Phi) is 8.91. The minimum atomic E-state index is 0.177. The lowest BCUT2D eigenvalue weighted by atomic mass is 9.75. The van der Waals surface area contributed by atoms with E-state index in [2.05, 4.69) is 68.2 Å². The molecule has 1 fully saturated rings. The molecule has 0 heterocycles. The summed E-state index contributed by atoms with van der Waals surface area (Å²) in [6.45, 7) is 12.0. The second-order valence-corrected chi connectivity index (χ2v) is 8.34. The van der Waals surface area contributed by atoms with Gasteiger partial charge in [0.05, 0.1) is 0 Å². The van der Waals surface area contributed by atoms with Gasteiger partial charge in [0.2, 0.25) is 0 Å². The highest BCUT2D eigenvalue weighted by Gasteiger charge is 2.38. The van der Waals surface area contributed by atoms with Gasteiger partial charge in [-0.05, 0) is 56.6 Å². The third kappa shape index (κ3) is 5.93. The molecule has 1 aliphatic rings. The van der Waals surface area contributed by atoms with Crippen LogP contribution in [0.1, 0.15) is 50.2 Å². The third-order valence-corrected chi connectivity index (χ3v) is 6.15. The molecule has 3 nitrogen and oxygen atoms in total. The molecule has 0 amide bonds. The van der Waals surface area contributed by atoms with Crippen molar-refractivity contribution in [1.29, 1.82) is 0 Å². The van der Waals surface area contributed by atoms with Crippen molar-refractivity contribution in [3.63, 3.8) is 0 Å². The van der Waals surface area contributed by atoms with Gasteiger partial charge in [0.25, 0.3) is 0 Å². The second-order valence-electron chi connectivity index (χ2n) is 8.34. The van der Waals surface area contributed by atoms with E-state index in [0.717, 1.165) is 37.5 Å². The minimum absolute atomic E-state index is 0.177. The highest BCUT2D eigenvalue weighted by molar-refractivity contribution is 5.86. The van der Waals surface area contributed by atoms with Gasteiger partial charge in [-0.15, -0.1) is 0 Å². The monoisotopic (exact) mass is 393 g/mol. The van der Waals surface area contributed by atoms with E-state index in [0.29, 0.717) is 0 Å². The number of aryl methyl sites for hydroxylation is 1. The van der Waals surface area contributed by atoms with E-state index in [1.165, 1.54) is 36.8 Å². The molecule has 1 aromatic carbocycles. The smallest absolute Gasteiger partial charge is 0.104 e. The van der Waals surface area contributed by atoms with Crippen LogP contribution in [-0.2, 0) is 11.8 Å². The summed E-state index contributed by atoms with van der Waals surface area (Å²) in [5, 5.41) is 0. The van der Waals surface area contributed by atoms with Crippen LogP contribution in [0.3, 0.4) is 0 Å². The number of likely N-dealkylation sites (N-methyl/N-ethyl adjacent to an activating group) is 1. The van der Waals surface area contributed by atoms with Crippen LogP contribution in [0.15, 0.2) is 66.3 Å². The fourth-order valence-corrected chi connectivity index (χ4v) is 4.43. The molecule has 0 unspecified atom stereocenters. The average molecular weight is 394 g/mol. The summed E-state index contributed by atoms with van der Waals surface area (Å²) in [6.07, 6.45) is 12.9. The molecule has 1 aromatic rings. The molecule has 0 radical (unpaired) electrons. The van der Waals surface area contributed by atoms with E-state index in [1.807, 2.05) is 25.3 Å². The Hall–Kier alpha value is -2.13. The first-order valence-electron chi connectivity index (χ1n) is 10.9. The lowest BCUT2D eigenvalue weighted by molar-refractivity contribution is 0.352. The summed E-state index contributed by atoms with van der Waals surface area (Å²) in [7, 11) is 6.15. The van der Waals surface area contributed by atoms with Crippen LogP contribution in [0, 0.1) is 0 Å². The number of allylic oxidation sites excluding steroid dienone is 3. The van der Waals surface area contributed by atoms with E-state index in [1.54, 1.807) is 0 Å². The standard InChI is InChI=1S/C26H39N3/c1-7-13-24(9-3)29(19-18-28(5)6)25(27-4)21-26(16-10-11-17-26)23-15-12-14-22(8-2)20-23/h7,9,12-15,20H,1,3,8,10-11,16-19,21H2,2,4-6H3/b24-13-,27-25-. The number of benzene rings is 1. The molecule has 158 valence electrons. The number of aliphatic imine (C=N–C) groups is 1. The van der Waals surface area contributed by atoms with E-state index in [-0.39, 0.29) is 5.41 Å². The van der Waals surface area contributed by atoms with Gasteiger partial charge < -0.3 is 9.80 Å². The zero-order chi connectivity index (χ0) is 21.3. The summed E-state index contributed by atoms with van der Waals surface area (Å²) in [6, 6.07) is 9.23. The topological polar surface area (TPSA) is 18.8 Å². The van der Waals surface area contributed by atoms with Crippen LogP contribution in [0.4, 0.5) is 0 Å². The van der Waals surface area contributed by atoms with Gasteiger partial charge in [-0.2, -0.15) is 0 Å². The Morgan fingerprint density at radius 1 is 1.17 bits per heavy atom.